The fraction of sp³-hybridized carbons (Fsp3) is 0.533. The van der Waals surface area contributed by atoms with Crippen molar-refractivity contribution in [2.75, 3.05) is 18.2 Å². The highest BCUT2D eigenvalue weighted by molar-refractivity contribution is 7.98. The van der Waals surface area contributed by atoms with E-state index in [-0.39, 0.29) is 24.1 Å². The summed E-state index contributed by atoms with van der Waals surface area (Å²) in [6.07, 6.45) is 4.81. The van der Waals surface area contributed by atoms with Crippen molar-refractivity contribution in [1.82, 2.24) is 5.32 Å². The van der Waals surface area contributed by atoms with Crippen LogP contribution in [0.25, 0.3) is 0 Å². The van der Waals surface area contributed by atoms with Gasteiger partial charge in [0.1, 0.15) is 0 Å². The Hall–Kier alpha value is -0.910. The van der Waals surface area contributed by atoms with E-state index in [1.807, 2.05) is 25.3 Å². The van der Waals surface area contributed by atoms with Crippen molar-refractivity contribution in [2.24, 2.45) is 5.41 Å². The van der Waals surface area contributed by atoms with Gasteiger partial charge in [-0.2, -0.15) is 0 Å². The van der Waals surface area contributed by atoms with Gasteiger partial charge in [-0.05, 0) is 37.3 Å². The molecule has 0 bridgehead atoms. The number of carbonyl (C=O) groups is 1. The summed E-state index contributed by atoms with van der Waals surface area (Å²) < 4.78 is 0. The molecule has 0 aromatic heterocycles. The van der Waals surface area contributed by atoms with Gasteiger partial charge in [-0.25, -0.2) is 4.79 Å². The summed E-state index contributed by atoms with van der Waals surface area (Å²) in [5.74, 6) is 0. The molecule has 1 aliphatic rings. The molecule has 116 valence electrons. The van der Waals surface area contributed by atoms with E-state index >= 15 is 0 Å². The number of anilines is 1. The number of benzene rings is 1. The monoisotopic (exact) mass is 328 g/mol. The maximum Gasteiger partial charge on any atom is 0.319 e. The van der Waals surface area contributed by atoms with E-state index in [4.69, 9.17) is 11.6 Å². The Bertz CT molecular complexity index is 526. The molecule has 1 saturated carbocycles. The molecular formula is C15H21ClN2O2S. The summed E-state index contributed by atoms with van der Waals surface area (Å²) in [7, 11) is 0. The van der Waals surface area contributed by atoms with Gasteiger partial charge in [-0.15, -0.1) is 11.8 Å². The zero-order valence-electron chi connectivity index (χ0n) is 12.3. The number of hydrogen-bond donors (Lipinski definition) is 3. The summed E-state index contributed by atoms with van der Waals surface area (Å²) in [5.41, 5.74) is 0.441. The minimum atomic E-state index is -0.255. The number of hydrogen-bond acceptors (Lipinski definition) is 3. The first-order valence-corrected chi connectivity index (χ1v) is 8.61. The highest BCUT2D eigenvalue weighted by Gasteiger charge is 2.39. The van der Waals surface area contributed by atoms with E-state index in [0.29, 0.717) is 10.7 Å². The van der Waals surface area contributed by atoms with Crippen molar-refractivity contribution in [1.29, 1.82) is 0 Å². The van der Waals surface area contributed by atoms with Crippen molar-refractivity contribution in [2.45, 2.75) is 37.1 Å². The van der Waals surface area contributed by atoms with Gasteiger partial charge in [0.05, 0.1) is 11.6 Å². The molecule has 1 fully saturated rings. The summed E-state index contributed by atoms with van der Waals surface area (Å²) >= 11 is 7.69. The molecule has 0 saturated heterocycles. The van der Waals surface area contributed by atoms with Crippen molar-refractivity contribution in [3.05, 3.63) is 23.2 Å². The molecule has 0 radical (unpaired) electrons. The van der Waals surface area contributed by atoms with Crippen LogP contribution in [0.2, 0.25) is 5.02 Å². The van der Waals surface area contributed by atoms with Gasteiger partial charge in [-0.1, -0.05) is 24.9 Å². The quantitative estimate of drug-likeness (QED) is 0.738. The van der Waals surface area contributed by atoms with Crippen LogP contribution in [-0.4, -0.2) is 30.0 Å². The number of aliphatic hydroxyl groups excluding tert-OH is 1. The Morgan fingerprint density at radius 3 is 2.95 bits per heavy atom. The lowest BCUT2D eigenvalue weighted by Crippen LogP contribution is -2.46. The third-order valence-corrected chi connectivity index (χ3v) is 5.38. The van der Waals surface area contributed by atoms with Gasteiger partial charge in [0, 0.05) is 22.0 Å². The zero-order valence-corrected chi connectivity index (χ0v) is 13.9. The van der Waals surface area contributed by atoms with E-state index in [9.17, 15) is 9.90 Å². The fourth-order valence-electron chi connectivity index (χ4n) is 2.74. The van der Waals surface area contributed by atoms with E-state index in [0.717, 1.165) is 24.2 Å². The molecule has 1 aromatic carbocycles. The van der Waals surface area contributed by atoms with Gasteiger partial charge in [0.2, 0.25) is 0 Å². The molecule has 1 aromatic rings. The number of nitrogens with one attached hydrogen (secondary N) is 2. The van der Waals surface area contributed by atoms with Crippen LogP contribution in [0.5, 0.6) is 0 Å². The number of thioether (sulfide) groups is 1. The molecule has 2 amide bonds. The van der Waals surface area contributed by atoms with Crippen LogP contribution in [0.1, 0.15) is 26.2 Å². The molecule has 6 heteroatoms. The second-order valence-electron chi connectivity index (χ2n) is 5.70. The van der Waals surface area contributed by atoms with Gasteiger partial charge in [-0.3, -0.25) is 0 Å². The van der Waals surface area contributed by atoms with Crippen LogP contribution in [0, 0.1) is 5.41 Å². The largest absolute Gasteiger partial charge is 0.396 e. The van der Waals surface area contributed by atoms with E-state index in [1.165, 1.54) is 0 Å². The molecule has 2 rings (SSSR count). The number of amides is 2. The van der Waals surface area contributed by atoms with Crippen LogP contribution in [0.4, 0.5) is 10.5 Å². The Morgan fingerprint density at radius 1 is 1.57 bits per heavy atom. The van der Waals surface area contributed by atoms with Gasteiger partial charge in [0.15, 0.2) is 0 Å². The van der Waals surface area contributed by atoms with Crippen LogP contribution in [0.15, 0.2) is 23.1 Å². The maximum atomic E-state index is 12.1. The van der Waals surface area contributed by atoms with Crippen LogP contribution >= 0.6 is 23.4 Å². The van der Waals surface area contributed by atoms with E-state index in [2.05, 4.69) is 10.6 Å². The number of rotatable bonds is 4. The molecule has 3 N–H and O–H groups in total. The smallest absolute Gasteiger partial charge is 0.319 e. The number of aliphatic hydroxyl groups is 1. The highest BCUT2D eigenvalue weighted by Crippen LogP contribution is 2.37. The molecule has 4 nitrogen and oxygen atoms in total. The molecular weight excluding hydrogens is 308 g/mol. The molecule has 0 aliphatic heterocycles. The first-order valence-electron chi connectivity index (χ1n) is 7.00. The lowest BCUT2D eigenvalue weighted by molar-refractivity contribution is 0.122. The number of carbonyl (C=O) groups excluding carboxylic acids is 1. The predicted octanol–water partition coefficient (Wildman–Crippen LogP) is 3.73. The van der Waals surface area contributed by atoms with Gasteiger partial charge < -0.3 is 15.7 Å². The standard InChI is InChI=1S/C15H21ClN2O2S/c1-15(9-19)7-3-4-13(15)18-14(20)17-10-5-6-12(21-2)11(16)8-10/h5-6,8,13,19H,3-4,7,9H2,1-2H3,(H2,17,18,20). The van der Waals surface area contributed by atoms with Crippen molar-refractivity contribution >= 4 is 35.1 Å². The summed E-state index contributed by atoms with van der Waals surface area (Å²) in [6.45, 7) is 2.10. The van der Waals surface area contributed by atoms with Crippen molar-refractivity contribution in [3.63, 3.8) is 0 Å². The highest BCUT2D eigenvalue weighted by atomic mass is 35.5. The molecule has 21 heavy (non-hydrogen) atoms. The normalized spacial score (nSPS) is 24.9. The molecule has 1 aliphatic carbocycles. The zero-order chi connectivity index (χ0) is 15.5. The molecule has 2 atom stereocenters. The van der Waals surface area contributed by atoms with Crippen LogP contribution < -0.4 is 10.6 Å². The van der Waals surface area contributed by atoms with Crippen LogP contribution in [0.3, 0.4) is 0 Å². The topological polar surface area (TPSA) is 61.4 Å². The Labute approximate surface area is 134 Å². The number of urea groups is 1. The van der Waals surface area contributed by atoms with Crippen LogP contribution in [-0.2, 0) is 0 Å². The fourth-order valence-corrected chi connectivity index (χ4v) is 3.61. The first kappa shape index (κ1) is 16.5. The van der Waals surface area contributed by atoms with Gasteiger partial charge in [0.25, 0.3) is 0 Å². The molecule has 0 heterocycles. The van der Waals surface area contributed by atoms with Crippen molar-refractivity contribution in [3.8, 4) is 0 Å². The Kier molecular flexibility index (Phi) is 5.41. The SMILES string of the molecule is CSc1ccc(NC(=O)NC2CCCC2(C)CO)cc1Cl. The lowest BCUT2D eigenvalue weighted by atomic mass is 9.86. The average Bonchev–Trinajstić information content (AvgIpc) is 2.81. The third-order valence-electron chi connectivity index (χ3n) is 4.16. The third kappa shape index (κ3) is 3.84. The van der Waals surface area contributed by atoms with Gasteiger partial charge >= 0.3 is 6.03 Å². The summed E-state index contributed by atoms with van der Waals surface area (Å²) in [5, 5.41) is 15.9. The maximum absolute atomic E-state index is 12.1. The minimum absolute atomic E-state index is 0.00319. The number of halogens is 1. The summed E-state index contributed by atoms with van der Waals surface area (Å²) in [4.78, 5) is 13.1. The second kappa shape index (κ2) is 6.90. The molecule has 0 spiro atoms. The lowest BCUT2D eigenvalue weighted by Gasteiger charge is -2.30. The summed E-state index contributed by atoms with van der Waals surface area (Å²) in [6, 6.07) is 5.21. The average molecular weight is 329 g/mol. The first-order chi connectivity index (χ1) is 9.98. The second-order valence-corrected chi connectivity index (χ2v) is 6.96. The molecule has 2 unspecified atom stereocenters. The Balaban J connectivity index is 1.97. The Morgan fingerprint density at radius 2 is 2.33 bits per heavy atom. The predicted molar refractivity (Wildman–Crippen MR) is 88.2 cm³/mol. The minimum Gasteiger partial charge on any atom is -0.396 e. The van der Waals surface area contributed by atoms with E-state index < -0.39 is 0 Å². The van der Waals surface area contributed by atoms with E-state index in [1.54, 1.807) is 17.8 Å². The van der Waals surface area contributed by atoms with Crippen molar-refractivity contribution < 1.29 is 9.90 Å².